The number of hydrogen-bond acceptors (Lipinski definition) is 4. The van der Waals surface area contributed by atoms with E-state index in [2.05, 4.69) is 26.0 Å². The molecule has 0 radical (unpaired) electrons. The Balaban J connectivity index is 1.44. The monoisotopic (exact) mass is 620 g/mol. The summed E-state index contributed by atoms with van der Waals surface area (Å²) >= 11 is 20.4. The lowest BCUT2D eigenvalue weighted by molar-refractivity contribution is -0.113. The maximum atomic E-state index is 13.7. The molecular weight excluding hydrogens is 595 g/mol. The minimum absolute atomic E-state index is 0.168. The highest BCUT2D eigenvalue weighted by Crippen LogP contribution is 2.40. The molecule has 0 unspecified atom stereocenters. The molecule has 1 aliphatic rings. The SMILES string of the molecule is CCc1ccc(N=C2S/C(=C\c3cc(Cl)c(OCc4ccc(Cl)cc4)c(Cl)c3)C(=O)N2c2ccc(CC)cc2)cc1. The van der Waals surface area contributed by atoms with Crippen molar-refractivity contribution in [3.63, 3.8) is 0 Å². The molecular formula is C33H27Cl3N2O2S. The smallest absolute Gasteiger partial charge is 0.271 e. The first kappa shape index (κ1) is 29.3. The molecule has 1 heterocycles. The highest BCUT2D eigenvalue weighted by Gasteiger charge is 2.35. The standard InChI is InChI=1S/C33H27Cl3N2O2S/c1-3-21-7-13-26(14-8-21)37-33-38(27-15-9-22(4-2)10-16-27)32(39)30(41-33)19-24-17-28(35)31(29(36)18-24)40-20-23-5-11-25(34)12-6-23/h5-19H,3-4,20H2,1-2H3/b30-19-,37-33?. The molecule has 41 heavy (non-hydrogen) atoms. The van der Waals surface area contributed by atoms with Gasteiger partial charge in [-0.15, -0.1) is 0 Å². The van der Waals surface area contributed by atoms with Crippen LogP contribution < -0.4 is 9.64 Å². The van der Waals surface area contributed by atoms with Gasteiger partial charge in [0.25, 0.3) is 5.91 Å². The fourth-order valence-corrected chi connectivity index (χ4v) is 6.00. The number of halogens is 3. The summed E-state index contributed by atoms with van der Waals surface area (Å²) < 4.78 is 5.91. The summed E-state index contributed by atoms with van der Waals surface area (Å²) in [6.45, 7) is 4.50. The van der Waals surface area contributed by atoms with Crippen molar-refractivity contribution in [3.05, 3.63) is 127 Å². The van der Waals surface area contributed by atoms with Crippen LogP contribution in [0.1, 0.15) is 36.1 Å². The molecule has 0 N–H and O–H groups in total. The molecule has 0 aromatic heterocycles. The maximum Gasteiger partial charge on any atom is 0.271 e. The molecule has 4 aromatic carbocycles. The highest BCUT2D eigenvalue weighted by atomic mass is 35.5. The topological polar surface area (TPSA) is 41.9 Å². The van der Waals surface area contributed by atoms with Crippen LogP contribution in [-0.2, 0) is 24.2 Å². The Morgan fingerprint density at radius 2 is 1.37 bits per heavy atom. The zero-order valence-corrected chi connectivity index (χ0v) is 25.6. The lowest BCUT2D eigenvalue weighted by atomic mass is 10.1. The molecule has 1 saturated heterocycles. The van der Waals surface area contributed by atoms with Gasteiger partial charge in [-0.1, -0.05) is 85.0 Å². The Hall–Kier alpha value is -3.22. The molecule has 0 aliphatic carbocycles. The Kier molecular flexibility index (Phi) is 9.41. The number of benzene rings is 4. The largest absolute Gasteiger partial charge is 0.486 e. The maximum absolute atomic E-state index is 13.7. The zero-order chi connectivity index (χ0) is 28.9. The third-order valence-electron chi connectivity index (χ3n) is 6.59. The summed E-state index contributed by atoms with van der Waals surface area (Å²) in [5, 5.41) is 1.94. The summed E-state index contributed by atoms with van der Waals surface area (Å²) in [5.41, 5.74) is 5.58. The molecule has 0 spiro atoms. The summed E-state index contributed by atoms with van der Waals surface area (Å²) in [4.78, 5) is 20.7. The number of amides is 1. The molecule has 0 atom stereocenters. The molecule has 4 nitrogen and oxygen atoms in total. The predicted octanol–water partition coefficient (Wildman–Crippen LogP) is 10.2. The second-order valence-electron chi connectivity index (χ2n) is 9.41. The Labute approximate surface area is 259 Å². The van der Waals surface area contributed by atoms with Crippen molar-refractivity contribution in [2.45, 2.75) is 33.3 Å². The Bertz CT molecular complexity index is 1590. The van der Waals surface area contributed by atoms with Crippen LogP contribution in [-0.4, -0.2) is 11.1 Å². The van der Waals surface area contributed by atoms with E-state index in [4.69, 9.17) is 44.5 Å². The van der Waals surface area contributed by atoms with Crippen LogP contribution in [0.25, 0.3) is 6.08 Å². The van der Waals surface area contributed by atoms with Crippen molar-refractivity contribution in [3.8, 4) is 5.75 Å². The molecule has 4 aromatic rings. The molecule has 8 heteroatoms. The third-order valence-corrected chi connectivity index (χ3v) is 8.38. The average molecular weight is 622 g/mol. The molecule has 208 valence electrons. The van der Waals surface area contributed by atoms with Crippen molar-refractivity contribution in [2.75, 3.05) is 4.90 Å². The van der Waals surface area contributed by atoms with Crippen molar-refractivity contribution in [1.29, 1.82) is 0 Å². The van der Waals surface area contributed by atoms with Crippen LogP contribution in [0, 0.1) is 0 Å². The number of aryl methyl sites for hydroxylation is 2. The van der Waals surface area contributed by atoms with E-state index < -0.39 is 0 Å². The van der Waals surface area contributed by atoms with Gasteiger partial charge in [0.15, 0.2) is 10.9 Å². The average Bonchev–Trinajstić information content (AvgIpc) is 3.27. The van der Waals surface area contributed by atoms with Crippen molar-refractivity contribution >= 4 is 75.1 Å². The second kappa shape index (κ2) is 13.2. The number of hydrogen-bond donors (Lipinski definition) is 0. The number of carbonyl (C=O) groups excluding carboxylic acids is 1. The van der Waals surface area contributed by atoms with Crippen molar-refractivity contribution < 1.29 is 9.53 Å². The molecule has 5 rings (SSSR count). The first-order valence-corrected chi connectivity index (χ1v) is 15.2. The lowest BCUT2D eigenvalue weighted by Gasteiger charge is -2.16. The summed E-state index contributed by atoms with van der Waals surface area (Å²) in [6, 6.07) is 26.9. The van der Waals surface area contributed by atoms with E-state index in [1.807, 2.05) is 48.5 Å². The second-order valence-corrected chi connectivity index (χ2v) is 11.7. The van der Waals surface area contributed by atoms with Crippen molar-refractivity contribution in [1.82, 2.24) is 0 Å². The number of rotatable bonds is 8. The minimum Gasteiger partial charge on any atom is -0.486 e. The molecule has 1 fully saturated rings. The van der Waals surface area contributed by atoms with Gasteiger partial charge in [-0.25, -0.2) is 4.99 Å². The molecule has 1 amide bonds. The molecule has 0 bridgehead atoms. The summed E-state index contributed by atoms with van der Waals surface area (Å²) in [6.07, 6.45) is 3.65. The van der Waals surface area contributed by atoms with E-state index in [1.165, 1.54) is 22.9 Å². The third kappa shape index (κ3) is 6.99. The minimum atomic E-state index is -0.168. The van der Waals surface area contributed by atoms with E-state index in [9.17, 15) is 4.79 Å². The predicted molar refractivity (Wildman–Crippen MR) is 174 cm³/mol. The summed E-state index contributed by atoms with van der Waals surface area (Å²) in [7, 11) is 0. The van der Waals surface area contributed by atoms with E-state index in [1.54, 1.807) is 35.2 Å². The van der Waals surface area contributed by atoms with Gasteiger partial charge in [0, 0.05) is 5.02 Å². The lowest BCUT2D eigenvalue weighted by Crippen LogP contribution is -2.28. The first-order valence-electron chi connectivity index (χ1n) is 13.2. The van der Waals surface area contributed by atoms with E-state index >= 15 is 0 Å². The molecule has 0 saturated carbocycles. The normalized spacial score (nSPS) is 15.2. The van der Waals surface area contributed by atoms with Gasteiger partial charge < -0.3 is 4.74 Å². The number of carbonyl (C=O) groups is 1. The van der Waals surface area contributed by atoms with Gasteiger partial charge in [0.05, 0.1) is 26.3 Å². The highest BCUT2D eigenvalue weighted by molar-refractivity contribution is 8.19. The van der Waals surface area contributed by atoms with Gasteiger partial charge in [-0.3, -0.25) is 9.69 Å². The first-order chi connectivity index (χ1) is 19.8. The van der Waals surface area contributed by atoms with E-state index in [-0.39, 0.29) is 12.5 Å². The number of amidine groups is 1. The Morgan fingerprint density at radius 1 is 0.805 bits per heavy atom. The van der Waals surface area contributed by atoms with Crippen molar-refractivity contribution in [2.24, 2.45) is 4.99 Å². The van der Waals surface area contributed by atoms with Gasteiger partial charge in [-0.2, -0.15) is 0 Å². The van der Waals surface area contributed by atoms with Gasteiger partial charge >= 0.3 is 0 Å². The number of ether oxygens (including phenoxy) is 1. The van der Waals surface area contributed by atoms with Gasteiger partial charge in [-0.05, 0) is 101 Å². The molecule has 1 aliphatic heterocycles. The number of thioether (sulfide) groups is 1. The van der Waals surface area contributed by atoms with Gasteiger partial charge in [0.1, 0.15) is 6.61 Å². The number of anilines is 1. The summed E-state index contributed by atoms with van der Waals surface area (Å²) in [5.74, 6) is 0.213. The fraction of sp³-hybridized carbons (Fsp3) is 0.152. The number of aliphatic imine (C=N–C) groups is 1. The van der Waals surface area contributed by atoms with Crippen LogP contribution in [0.15, 0.2) is 94.8 Å². The quantitative estimate of drug-likeness (QED) is 0.184. The van der Waals surface area contributed by atoms with E-state index in [0.717, 1.165) is 29.8 Å². The number of nitrogens with zero attached hydrogens (tertiary/aromatic N) is 2. The Morgan fingerprint density at radius 3 is 1.95 bits per heavy atom. The van der Waals surface area contributed by atoms with Gasteiger partial charge in [0.2, 0.25) is 0 Å². The van der Waals surface area contributed by atoms with Crippen LogP contribution in [0.2, 0.25) is 15.1 Å². The van der Waals surface area contributed by atoms with Crippen LogP contribution in [0.5, 0.6) is 5.75 Å². The fourth-order valence-electron chi connectivity index (χ4n) is 4.26. The van der Waals surface area contributed by atoms with Crippen LogP contribution in [0.4, 0.5) is 11.4 Å². The van der Waals surface area contributed by atoms with E-state index in [0.29, 0.717) is 36.5 Å². The van der Waals surface area contributed by atoms with Crippen LogP contribution in [0.3, 0.4) is 0 Å². The van der Waals surface area contributed by atoms with Crippen LogP contribution >= 0.6 is 46.6 Å². The zero-order valence-electron chi connectivity index (χ0n) is 22.5.